The molecule has 1 fully saturated rings. The van der Waals surface area contributed by atoms with Crippen LogP contribution in [-0.4, -0.2) is 50.0 Å². The summed E-state index contributed by atoms with van der Waals surface area (Å²) in [5, 5.41) is 3.22. The van der Waals surface area contributed by atoms with Gasteiger partial charge >= 0.3 is 0 Å². The van der Waals surface area contributed by atoms with Crippen molar-refractivity contribution in [2.24, 2.45) is 0 Å². The van der Waals surface area contributed by atoms with Crippen LogP contribution >= 0.6 is 15.9 Å². The minimum absolute atomic E-state index is 0.0668. The third-order valence-corrected chi connectivity index (χ3v) is 9.07. The van der Waals surface area contributed by atoms with E-state index >= 15 is 0 Å². The average Bonchev–Trinajstić information content (AvgIpc) is 2.94. The van der Waals surface area contributed by atoms with Gasteiger partial charge in [-0.3, -0.25) is 13.9 Å². The minimum atomic E-state index is -3.79. The van der Waals surface area contributed by atoms with E-state index in [0.29, 0.717) is 12.1 Å². The number of benzene rings is 3. The second-order valence-electron chi connectivity index (χ2n) is 10.8. The normalized spacial score (nSPS) is 14.7. The Balaban J connectivity index is 1.72. The molecule has 4 rings (SSSR count). The van der Waals surface area contributed by atoms with E-state index in [1.807, 2.05) is 67.6 Å². The molecule has 9 heteroatoms. The zero-order valence-corrected chi connectivity index (χ0v) is 26.0. The first-order valence-corrected chi connectivity index (χ1v) is 16.7. The third kappa shape index (κ3) is 8.91. The molecule has 41 heavy (non-hydrogen) atoms. The number of hydrogen-bond acceptors (Lipinski definition) is 4. The maximum atomic E-state index is 14.2. The van der Waals surface area contributed by atoms with Crippen LogP contribution in [0.5, 0.6) is 0 Å². The highest BCUT2D eigenvalue weighted by Gasteiger charge is 2.34. The van der Waals surface area contributed by atoms with Crippen LogP contribution in [0, 0.1) is 6.92 Å². The number of sulfonamides is 1. The van der Waals surface area contributed by atoms with E-state index in [-0.39, 0.29) is 18.5 Å². The topological polar surface area (TPSA) is 86.8 Å². The van der Waals surface area contributed by atoms with Gasteiger partial charge in [0, 0.05) is 23.5 Å². The van der Waals surface area contributed by atoms with Gasteiger partial charge in [-0.1, -0.05) is 89.8 Å². The Morgan fingerprint density at radius 2 is 1.61 bits per heavy atom. The second kappa shape index (κ2) is 14.1. The Morgan fingerprint density at radius 3 is 2.27 bits per heavy atom. The predicted octanol–water partition coefficient (Wildman–Crippen LogP) is 5.61. The van der Waals surface area contributed by atoms with Crippen molar-refractivity contribution in [2.75, 3.05) is 17.1 Å². The average molecular weight is 641 g/mol. The van der Waals surface area contributed by atoms with E-state index in [1.54, 1.807) is 23.1 Å². The zero-order chi connectivity index (χ0) is 29.4. The summed E-state index contributed by atoms with van der Waals surface area (Å²) in [4.78, 5) is 29.7. The summed E-state index contributed by atoms with van der Waals surface area (Å²) in [6.45, 7) is 1.61. The number of hydrogen-bond donors (Lipinski definition) is 1. The molecule has 7 nitrogen and oxygen atoms in total. The van der Waals surface area contributed by atoms with Gasteiger partial charge in [-0.05, 0) is 60.7 Å². The molecular formula is C32H38BrN3O4S. The van der Waals surface area contributed by atoms with Crippen LogP contribution in [0.3, 0.4) is 0 Å². The fraction of sp³-hybridized carbons (Fsp3) is 0.375. The number of carbonyl (C=O) groups excluding carboxylic acids is 2. The van der Waals surface area contributed by atoms with Crippen LogP contribution in [0.4, 0.5) is 5.69 Å². The van der Waals surface area contributed by atoms with Crippen molar-refractivity contribution in [3.05, 3.63) is 100 Å². The van der Waals surface area contributed by atoms with Crippen LogP contribution in [0.2, 0.25) is 0 Å². The fourth-order valence-electron chi connectivity index (χ4n) is 5.33. The molecule has 1 N–H and O–H groups in total. The number of rotatable bonds is 11. The largest absolute Gasteiger partial charge is 0.352 e. The lowest BCUT2D eigenvalue weighted by molar-refractivity contribution is -0.140. The number of nitrogens with zero attached hydrogens (tertiary/aromatic N) is 2. The number of amides is 2. The van der Waals surface area contributed by atoms with Crippen LogP contribution in [-0.2, 0) is 32.6 Å². The first-order chi connectivity index (χ1) is 19.6. The van der Waals surface area contributed by atoms with E-state index in [1.165, 1.54) is 0 Å². The second-order valence-corrected chi connectivity index (χ2v) is 13.6. The lowest BCUT2D eigenvalue weighted by atomic mass is 9.94. The molecule has 3 aromatic rings. The smallest absolute Gasteiger partial charge is 0.244 e. The van der Waals surface area contributed by atoms with Crippen molar-refractivity contribution < 1.29 is 18.0 Å². The summed E-state index contributed by atoms with van der Waals surface area (Å²) in [5.41, 5.74) is 3.04. The predicted molar refractivity (Wildman–Crippen MR) is 167 cm³/mol. The van der Waals surface area contributed by atoms with Crippen LogP contribution in [0.15, 0.2) is 83.3 Å². The summed E-state index contributed by atoms with van der Waals surface area (Å²) >= 11 is 3.51. The molecule has 0 aromatic heterocycles. The highest BCUT2D eigenvalue weighted by molar-refractivity contribution is 9.10. The summed E-state index contributed by atoms with van der Waals surface area (Å²) in [5.74, 6) is -0.665. The van der Waals surface area contributed by atoms with Gasteiger partial charge in [0.05, 0.1) is 11.9 Å². The summed E-state index contributed by atoms with van der Waals surface area (Å²) < 4.78 is 27.8. The minimum Gasteiger partial charge on any atom is -0.352 e. The maximum Gasteiger partial charge on any atom is 0.244 e. The molecule has 1 aliphatic rings. The molecule has 0 unspecified atom stereocenters. The van der Waals surface area contributed by atoms with Crippen molar-refractivity contribution in [1.82, 2.24) is 10.2 Å². The highest BCUT2D eigenvalue weighted by atomic mass is 79.9. The highest BCUT2D eigenvalue weighted by Crippen LogP contribution is 2.23. The van der Waals surface area contributed by atoms with Crippen molar-refractivity contribution in [3.8, 4) is 0 Å². The Labute approximate surface area is 252 Å². The van der Waals surface area contributed by atoms with Gasteiger partial charge in [0.15, 0.2) is 0 Å². The van der Waals surface area contributed by atoms with Crippen molar-refractivity contribution in [3.63, 3.8) is 0 Å². The number of halogens is 1. The van der Waals surface area contributed by atoms with Crippen LogP contribution in [0.1, 0.15) is 48.8 Å². The molecule has 1 saturated carbocycles. The van der Waals surface area contributed by atoms with E-state index in [2.05, 4.69) is 21.2 Å². The number of carbonyl (C=O) groups is 2. The van der Waals surface area contributed by atoms with E-state index < -0.39 is 28.5 Å². The molecular weight excluding hydrogens is 602 g/mol. The molecule has 3 aromatic carbocycles. The Morgan fingerprint density at radius 1 is 0.927 bits per heavy atom. The van der Waals surface area contributed by atoms with E-state index in [0.717, 1.165) is 63.8 Å². The zero-order valence-electron chi connectivity index (χ0n) is 23.6. The lowest BCUT2D eigenvalue weighted by Gasteiger charge is -2.35. The van der Waals surface area contributed by atoms with Crippen molar-refractivity contribution in [1.29, 1.82) is 0 Å². The van der Waals surface area contributed by atoms with Gasteiger partial charge in [-0.15, -0.1) is 0 Å². The van der Waals surface area contributed by atoms with Gasteiger partial charge in [0.2, 0.25) is 21.8 Å². The SMILES string of the molecule is Cc1cccc(N(CC(=O)N(Cc2cccc(Br)c2)[C@H](Cc2ccccc2)C(=O)NC2CCCCC2)S(C)(=O)=O)c1. The number of aryl methyl sites for hydroxylation is 1. The molecule has 218 valence electrons. The standard InChI is InChI=1S/C32H38BrN3O4S/c1-24-11-9-18-29(19-24)36(41(2,39)40)23-31(37)35(22-26-14-10-15-27(33)20-26)30(21-25-12-5-3-6-13-25)32(38)34-28-16-7-4-8-17-28/h3,5-6,9-15,18-20,28,30H,4,7-8,16-17,21-23H2,1-2H3,(H,34,38)/t30-/m1/s1. The first kappa shape index (κ1) is 30.8. The molecule has 0 spiro atoms. The molecule has 1 aliphatic carbocycles. The van der Waals surface area contributed by atoms with Crippen molar-refractivity contribution in [2.45, 2.75) is 64.1 Å². The molecule has 0 heterocycles. The Kier molecular flexibility index (Phi) is 10.6. The lowest BCUT2D eigenvalue weighted by Crippen LogP contribution is -2.55. The van der Waals surface area contributed by atoms with Gasteiger partial charge in [0.1, 0.15) is 12.6 Å². The van der Waals surface area contributed by atoms with Crippen LogP contribution < -0.4 is 9.62 Å². The van der Waals surface area contributed by atoms with Crippen molar-refractivity contribution >= 4 is 43.5 Å². The Bertz CT molecular complexity index is 1440. The number of anilines is 1. The molecule has 0 aliphatic heterocycles. The first-order valence-electron chi connectivity index (χ1n) is 14.0. The van der Waals surface area contributed by atoms with Gasteiger partial charge in [0.25, 0.3) is 0 Å². The quantitative estimate of drug-likeness (QED) is 0.295. The Hall–Kier alpha value is -3.17. The molecule has 0 radical (unpaired) electrons. The molecule has 0 saturated heterocycles. The summed E-state index contributed by atoms with van der Waals surface area (Å²) in [6, 6.07) is 23.5. The van der Waals surface area contributed by atoms with Gasteiger partial charge < -0.3 is 10.2 Å². The molecule has 1 atom stereocenters. The van der Waals surface area contributed by atoms with Gasteiger partial charge in [-0.25, -0.2) is 8.42 Å². The third-order valence-electron chi connectivity index (χ3n) is 7.43. The molecule has 2 amide bonds. The maximum absolute atomic E-state index is 14.2. The monoisotopic (exact) mass is 639 g/mol. The van der Waals surface area contributed by atoms with E-state index in [4.69, 9.17) is 0 Å². The fourth-order valence-corrected chi connectivity index (χ4v) is 6.62. The number of nitrogens with one attached hydrogen (secondary N) is 1. The summed E-state index contributed by atoms with van der Waals surface area (Å²) in [7, 11) is -3.79. The summed E-state index contributed by atoms with van der Waals surface area (Å²) in [6.07, 6.45) is 6.52. The molecule has 0 bridgehead atoms. The van der Waals surface area contributed by atoms with E-state index in [9.17, 15) is 18.0 Å². The van der Waals surface area contributed by atoms with Crippen LogP contribution in [0.25, 0.3) is 0 Å². The van der Waals surface area contributed by atoms with Gasteiger partial charge in [-0.2, -0.15) is 0 Å².